The summed E-state index contributed by atoms with van der Waals surface area (Å²) in [7, 11) is 6.42. The number of nitrogens with one attached hydrogen (secondary N) is 2. The van der Waals surface area contributed by atoms with Gasteiger partial charge in [0.1, 0.15) is 11.9 Å². The number of fused-ring (bicyclic) bond motifs is 1. The van der Waals surface area contributed by atoms with E-state index in [-0.39, 0.29) is 0 Å². The molecule has 3 aromatic rings. The summed E-state index contributed by atoms with van der Waals surface area (Å²) < 4.78 is 0.637. The molecule has 2 unspecified atom stereocenters. The van der Waals surface area contributed by atoms with Crippen molar-refractivity contribution in [2.24, 2.45) is 5.73 Å². The second-order valence-electron chi connectivity index (χ2n) is 8.75. The molecule has 4 rings (SSSR count). The Kier molecular flexibility index (Phi) is 5.89. The van der Waals surface area contributed by atoms with Gasteiger partial charge in [0.2, 0.25) is 5.82 Å². The molecule has 2 heterocycles. The van der Waals surface area contributed by atoms with Gasteiger partial charge in [0.15, 0.2) is 0 Å². The van der Waals surface area contributed by atoms with Crippen molar-refractivity contribution in [1.29, 1.82) is 0 Å². The Morgan fingerprint density at radius 2 is 1.94 bits per heavy atom. The van der Waals surface area contributed by atoms with Crippen molar-refractivity contribution in [1.82, 2.24) is 19.8 Å². The number of aromatic nitrogens is 2. The molecule has 1 saturated carbocycles. The van der Waals surface area contributed by atoms with Crippen LogP contribution in [-0.2, 0) is 0 Å². The van der Waals surface area contributed by atoms with Crippen LogP contribution in [0.1, 0.15) is 36.0 Å². The minimum Gasteiger partial charge on any atom is -0.365 e. The second-order valence-corrected chi connectivity index (χ2v) is 8.75. The summed E-state index contributed by atoms with van der Waals surface area (Å²) in [5, 5.41) is 7.85. The van der Waals surface area contributed by atoms with Crippen LogP contribution in [0.4, 0.5) is 17.3 Å². The molecular weight excluding hydrogens is 388 g/mol. The standard InChI is InChI=1S/C24H30N6O/c1-26-19-8-4-5-9-21(19)30(2,3)22-13-12-18(23(25)31)24(29-22)28-17-11-10-16-7-6-14-27-20(16)15-17/h6-7,10-15,19,21,26H,4-5,8-9H2,1-3H3,(H2-,25,27,28,29,31)/p+1. The summed E-state index contributed by atoms with van der Waals surface area (Å²) in [5.41, 5.74) is 7.72. The van der Waals surface area contributed by atoms with Gasteiger partial charge in [-0.15, -0.1) is 0 Å². The SMILES string of the molecule is CNC1CCCCC1[N+](C)(C)c1ccc(C(N)=O)c(Nc2ccc3cccnc3c2)n1. The van der Waals surface area contributed by atoms with Crippen molar-refractivity contribution >= 4 is 34.1 Å². The van der Waals surface area contributed by atoms with E-state index in [2.05, 4.69) is 29.7 Å². The van der Waals surface area contributed by atoms with E-state index in [1.165, 1.54) is 12.8 Å². The van der Waals surface area contributed by atoms with Crippen molar-refractivity contribution in [2.45, 2.75) is 37.8 Å². The first-order chi connectivity index (χ1) is 14.9. The number of hydrogen-bond donors (Lipinski definition) is 3. The number of hydrogen-bond acceptors (Lipinski definition) is 5. The molecule has 162 valence electrons. The predicted molar refractivity (Wildman–Crippen MR) is 127 cm³/mol. The van der Waals surface area contributed by atoms with Gasteiger partial charge in [-0.05, 0) is 44.2 Å². The van der Waals surface area contributed by atoms with Gasteiger partial charge in [-0.25, -0.2) is 0 Å². The fraction of sp³-hybridized carbons (Fsp3) is 0.375. The Hall–Kier alpha value is -3.03. The highest BCUT2D eigenvalue weighted by atomic mass is 16.1. The third-order valence-corrected chi connectivity index (χ3v) is 6.53. The van der Waals surface area contributed by atoms with Gasteiger partial charge in [-0.1, -0.05) is 18.6 Å². The topological polar surface area (TPSA) is 92.9 Å². The number of anilines is 2. The number of carbonyl (C=O) groups is 1. The van der Waals surface area contributed by atoms with E-state index in [4.69, 9.17) is 10.7 Å². The summed E-state index contributed by atoms with van der Waals surface area (Å²) >= 11 is 0. The molecule has 1 amide bonds. The zero-order chi connectivity index (χ0) is 22.0. The fourth-order valence-electron chi connectivity index (χ4n) is 4.74. The molecule has 1 aliphatic carbocycles. The lowest BCUT2D eigenvalue weighted by atomic mass is 9.88. The Bertz CT molecular complexity index is 1100. The van der Waals surface area contributed by atoms with Gasteiger partial charge in [-0.3, -0.25) is 14.3 Å². The second kappa shape index (κ2) is 8.61. The lowest BCUT2D eigenvalue weighted by Crippen LogP contribution is -2.60. The number of likely N-dealkylation sites (N-methyl/N-ethyl adjacent to an activating group) is 2. The first-order valence-electron chi connectivity index (χ1n) is 10.8. The Labute approximate surface area is 183 Å². The maximum Gasteiger partial charge on any atom is 0.252 e. The molecule has 1 aliphatic rings. The van der Waals surface area contributed by atoms with Crippen LogP contribution in [0, 0.1) is 0 Å². The molecule has 0 saturated heterocycles. The molecule has 2 atom stereocenters. The van der Waals surface area contributed by atoms with Crippen LogP contribution >= 0.6 is 0 Å². The molecule has 4 N–H and O–H groups in total. The normalized spacial score (nSPS) is 19.3. The first-order valence-corrected chi connectivity index (χ1v) is 10.8. The summed E-state index contributed by atoms with van der Waals surface area (Å²) in [6.07, 6.45) is 6.54. The molecule has 7 heteroatoms. The van der Waals surface area contributed by atoms with Crippen LogP contribution < -0.4 is 20.9 Å². The van der Waals surface area contributed by atoms with Crippen LogP contribution in [0.25, 0.3) is 10.9 Å². The third kappa shape index (κ3) is 4.24. The zero-order valence-corrected chi connectivity index (χ0v) is 18.4. The van der Waals surface area contributed by atoms with Crippen LogP contribution in [0.5, 0.6) is 0 Å². The van der Waals surface area contributed by atoms with E-state index in [1.807, 2.05) is 43.4 Å². The number of nitrogens with two attached hydrogens (primary N) is 1. The van der Waals surface area contributed by atoms with Crippen LogP contribution in [0.15, 0.2) is 48.7 Å². The van der Waals surface area contributed by atoms with Gasteiger partial charge in [-0.2, -0.15) is 4.98 Å². The van der Waals surface area contributed by atoms with E-state index >= 15 is 0 Å². The maximum absolute atomic E-state index is 12.1. The van der Waals surface area contributed by atoms with Crippen LogP contribution in [0.2, 0.25) is 0 Å². The number of carbonyl (C=O) groups excluding carboxylic acids is 1. The summed E-state index contributed by atoms with van der Waals surface area (Å²) in [6.45, 7) is 0. The molecule has 0 spiro atoms. The van der Waals surface area contributed by atoms with Gasteiger partial charge in [0.05, 0.1) is 31.2 Å². The Morgan fingerprint density at radius 1 is 1.13 bits per heavy atom. The van der Waals surface area contributed by atoms with Crippen molar-refractivity contribution in [3.63, 3.8) is 0 Å². The molecule has 1 fully saturated rings. The zero-order valence-electron chi connectivity index (χ0n) is 18.4. The van der Waals surface area contributed by atoms with E-state index < -0.39 is 5.91 Å². The van der Waals surface area contributed by atoms with E-state index in [0.717, 1.165) is 35.2 Å². The van der Waals surface area contributed by atoms with Crippen LogP contribution in [0.3, 0.4) is 0 Å². The Morgan fingerprint density at radius 3 is 2.71 bits per heavy atom. The fourth-order valence-corrected chi connectivity index (χ4v) is 4.74. The van der Waals surface area contributed by atoms with Gasteiger partial charge >= 0.3 is 0 Å². The number of nitrogens with zero attached hydrogens (tertiary/aromatic N) is 3. The van der Waals surface area contributed by atoms with E-state index in [1.54, 1.807) is 12.3 Å². The molecule has 0 radical (unpaired) electrons. The number of primary amides is 1. The maximum atomic E-state index is 12.1. The summed E-state index contributed by atoms with van der Waals surface area (Å²) in [5.74, 6) is 0.874. The highest BCUT2D eigenvalue weighted by Crippen LogP contribution is 2.32. The predicted octanol–water partition coefficient (Wildman–Crippen LogP) is 3.57. The Balaban J connectivity index is 1.71. The minimum atomic E-state index is -0.503. The number of amides is 1. The highest BCUT2D eigenvalue weighted by molar-refractivity contribution is 5.98. The molecule has 2 aromatic heterocycles. The van der Waals surface area contributed by atoms with Crippen molar-refractivity contribution in [3.05, 3.63) is 54.2 Å². The van der Waals surface area contributed by atoms with E-state index in [9.17, 15) is 4.79 Å². The molecule has 0 aliphatic heterocycles. The molecule has 1 aromatic carbocycles. The van der Waals surface area contributed by atoms with Gasteiger partial charge in [0.25, 0.3) is 5.91 Å². The number of pyridine rings is 2. The summed E-state index contributed by atoms with van der Waals surface area (Å²) in [6, 6.07) is 14.4. The number of quaternary nitrogens is 1. The number of benzene rings is 1. The largest absolute Gasteiger partial charge is 0.365 e. The van der Waals surface area contributed by atoms with Crippen molar-refractivity contribution in [3.8, 4) is 0 Å². The smallest absolute Gasteiger partial charge is 0.252 e. The lowest BCUT2D eigenvalue weighted by Gasteiger charge is -2.43. The van der Waals surface area contributed by atoms with Gasteiger partial charge in [0, 0.05) is 29.8 Å². The average molecular weight is 420 g/mol. The van der Waals surface area contributed by atoms with Crippen LogP contribution in [-0.4, -0.2) is 49.1 Å². The van der Waals surface area contributed by atoms with E-state index in [0.29, 0.717) is 27.9 Å². The quantitative estimate of drug-likeness (QED) is 0.531. The monoisotopic (exact) mass is 419 g/mol. The average Bonchev–Trinajstić information content (AvgIpc) is 2.78. The van der Waals surface area contributed by atoms with Crippen molar-refractivity contribution < 1.29 is 4.79 Å². The third-order valence-electron chi connectivity index (χ3n) is 6.53. The minimum absolute atomic E-state index is 0.374. The molecular formula is C24H31N6O+. The lowest BCUT2D eigenvalue weighted by molar-refractivity contribution is 0.100. The van der Waals surface area contributed by atoms with Crippen molar-refractivity contribution in [2.75, 3.05) is 26.5 Å². The molecule has 0 bridgehead atoms. The first kappa shape index (κ1) is 21.2. The summed E-state index contributed by atoms with van der Waals surface area (Å²) in [4.78, 5) is 21.4. The molecule has 31 heavy (non-hydrogen) atoms. The molecule has 7 nitrogen and oxygen atoms in total. The highest BCUT2D eigenvalue weighted by Gasteiger charge is 2.39. The number of rotatable bonds is 6. The van der Waals surface area contributed by atoms with Gasteiger partial charge < -0.3 is 16.4 Å².